The third-order valence-corrected chi connectivity index (χ3v) is 2.95. The van der Waals surface area contributed by atoms with Crippen LogP contribution in [0.15, 0.2) is 0 Å². The monoisotopic (exact) mass is 271 g/mol. The van der Waals surface area contributed by atoms with E-state index in [-0.39, 0.29) is 18.8 Å². The number of methoxy groups -OCH3 is 1. The Labute approximate surface area is 112 Å². The second kappa shape index (κ2) is 6.63. The molecule has 1 heterocycles. The summed E-state index contributed by atoms with van der Waals surface area (Å²) in [5.74, 6) is -0.531. The minimum Gasteiger partial charge on any atom is -0.458 e. The molecule has 0 saturated heterocycles. The predicted molar refractivity (Wildman–Crippen MR) is 67.8 cm³/mol. The molecule has 0 spiro atoms. The van der Waals surface area contributed by atoms with E-state index >= 15 is 0 Å². The van der Waals surface area contributed by atoms with Crippen molar-refractivity contribution in [1.29, 1.82) is 0 Å². The van der Waals surface area contributed by atoms with Crippen molar-refractivity contribution in [2.24, 2.45) is 0 Å². The summed E-state index contributed by atoms with van der Waals surface area (Å²) in [7, 11) is 1.53. The molecule has 0 aliphatic heterocycles. The summed E-state index contributed by atoms with van der Waals surface area (Å²) in [6.45, 7) is 6.11. The highest BCUT2D eigenvalue weighted by atomic mass is 16.6. The molecule has 1 N–H and O–H groups in total. The van der Waals surface area contributed by atoms with Crippen LogP contribution in [0.5, 0.6) is 0 Å². The van der Waals surface area contributed by atoms with Crippen molar-refractivity contribution >= 4 is 5.97 Å². The lowest BCUT2D eigenvalue weighted by atomic mass is 10.0. The first kappa shape index (κ1) is 15.6. The van der Waals surface area contributed by atoms with E-state index in [4.69, 9.17) is 9.47 Å². The lowest BCUT2D eigenvalue weighted by Gasteiger charge is -2.21. The van der Waals surface area contributed by atoms with Gasteiger partial charge in [-0.2, -0.15) is 0 Å². The molecule has 7 nitrogen and oxygen atoms in total. The van der Waals surface area contributed by atoms with Gasteiger partial charge >= 0.3 is 5.97 Å². The Morgan fingerprint density at radius 3 is 2.74 bits per heavy atom. The highest BCUT2D eigenvalue weighted by molar-refractivity contribution is 5.88. The van der Waals surface area contributed by atoms with Crippen molar-refractivity contribution < 1.29 is 19.4 Å². The van der Waals surface area contributed by atoms with E-state index in [0.717, 1.165) is 0 Å². The summed E-state index contributed by atoms with van der Waals surface area (Å²) in [6.07, 6.45) is 0.583. The van der Waals surface area contributed by atoms with Crippen LogP contribution in [0.25, 0.3) is 0 Å². The van der Waals surface area contributed by atoms with Crippen LogP contribution in [0.2, 0.25) is 0 Å². The van der Waals surface area contributed by atoms with E-state index in [2.05, 4.69) is 10.3 Å². The molecule has 1 aromatic heterocycles. The van der Waals surface area contributed by atoms with E-state index < -0.39 is 11.6 Å². The van der Waals surface area contributed by atoms with E-state index in [0.29, 0.717) is 18.7 Å². The van der Waals surface area contributed by atoms with Crippen LogP contribution in [-0.2, 0) is 16.0 Å². The molecule has 0 amide bonds. The topological polar surface area (TPSA) is 86.5 Å². The first-order chi connectivity index (χ1) is 8.91. The predicted octanol–water partition coefficient (Wildman–Crippen LogP) is 0.551. The van der Waals surface area contributed by atoms with Crippen LogP contribution >= 0.6 is 0 Å². The first-order valence-corrected chi connectivity index (χ1v) is 6.20. The SMILES string of the molecule is CCC(C)(O)Cn1nnc(C(=O)OCCOC)c1C. The number of hydrogen-bond acceptors (Lipinski definition) is 6. The molecule has 1 aromatic rings. The van der Waals surface area contributed by atoms with Crippen molar-refractivity contribution in [2.45, 2.75) is 39.3 Å². The molecule has 0 bridgehead atoms. The summed E-state index contributed by atoms with van der Waals surface area (Å²) in [4.78, 5) is 11.7. The second-order valence-corrected chi connectivity index (χ2v) is 4.66. The Kier molecular flexibility index (Phi) is 5.44. The summed E-state index contributed by atoms with van der Waals surface area (Å²) < 4.78 is 11.3. The van der Waals surface area contributed by atoms with Gasteiger partial charge in [0.15, 0.2) is 5.69 Å². The highest BCUT2D eigenvalue weighted by Crippen LogP contribution is 2.14. The highest BCUT2D eigenvalue weighted by Gasteiger charge is 2.23. The van der Waals surface area contributed by atoms with Crippen molar-refractivity contribution in [2.75, 3.05) is 20.3 Å². The molecular formula is C12H21N3O4. The van der Waals surface area contributed by atoms with Crippen LogP contribution in [0.4, 0.5) is 0 Å². The van der Waals surface area contributed by atoms with Crippen molar-refractivity contribution in [1.82, 2.24) is 15.0 Å². The minimum absolute atomic E-state index is 0.169. The molecule has 1 unspecified atom stereocenters. The smallest absolute Gasteiger partial charge is 0.360 e. The van der Waals surface area contributed by atoms with Gasteiger partial charge in [-0.3, -0.25) is 0 Å². The van der Waals surface area contributed by atoms with Crippen molar-refractivity contribution in [3.63, 3.8) is 0 Å². The number of aliphatic hydroxyl groups is 1. The minimum atomic E-state index is -0.879. The lowest BCUT2D eigenvalue weighted by molar-refractivity contribution is 0.0328. The quantitative estimate of drug-likeness (QED) is 0.575. The standard InChI is InChI=1S/C12H21N3O4/c1-5-12(3,17)8-15-9(2)10(13-14-15)11(16)19-7-6-18-4/h17H,5-8H2,1-4H3. The molecule has 0 radical (unpaired) electrons. The molecule has 1 atom stereocenters. The second-order valence-electron chi connectivity index (χ2n) is 4.66. The van der Waals surface area contributed by atoms with Crippen LogP contribution in [0.3, 0.4) is 0 Å². The van der Waals surface area contributed by atoms with E-state index in [1.807, 2.05) is 6.92 Å². The number of nitrogens with zero attached hydrogens (tertiary/aromatic N) is 3. The third-order valence-electron chi connectivity index (χ3n) is 2.95. The fourth-order valence-corrected chi connectivity index (χ4v) is 1.42. The summed E-state index contributed by atoms with van der Waals surface area (Å²) in [5.41, 5.74) is -0.130. The molecule has 0 aromatic carbocycles. The number of esters is 1. The Morgan fingerprint density at radius 1 is 1.47 bits per heavy atom. The zero-order valence-electron chi connectivity index (χ0n) is 11.8. The Hall–Kier alpha value is -1.47. The van der Waals surface area contributed by atoms with Gasteiger partial charge in [0.2, 0.25) is 0 Å². The van der Waals surface area contributed by atoms with Gasteiger partial charge < -0.3 is 14.6 Å². The average molecular weight is 271 g/mol. The normalized spacial score (nSPS) is 14.2. The van der Waals surface area contributed by atoms with Gasteiger partial charge in [0.25, 0.3) is 0 Å². The number of hydrogen-bond donors (Lipinski definition) is 1. The number of carbonyl (C=O) groups is 1. The molecule has 7 heteroatoms. The average Bonchev–Trinajstić information content (AvgIpc) is 2.71. The zero-order valence-corrected chi connectivity index (χ0v) is 11.8. The molecule has 0 aliphatic rings. The van der Waals surface area contributed by atoms with Gasteiger partial charge in [0.1, 0.15) is 6.61 Å². The van der Waals surface area contributed by atoms with Gasteiger partial charge in [-0.25, -0.2) is 9.48 Å². The van der Waals surface area contributed by atoms with Gasteiger partial charge in [-0.05, 0) is 20.3 Å². The van der Waals surface area contributed by atoms with Crippen molar-refractivity contribution in [3.05, 3.63) is 11.4 Å². The molecule has 0 aliphatic carbocycles. The maximum absolute atomic E-state index is 11.7. The van der Waals surface area contributed by atoms with Gasteiger partial charge in [0, 0.05) is 7.11 Å². The largest absolute Gasteiger partial charge is 0.458 e. The Morgan fingerprint density at radius 2 is 2.16 bits per heavy atom. The fraction of sp³-hybridized carbons (Fsp3) is 0.750. The lowest BCUT2D eigenvalue weighted by Crippen LogP contribution is -2.30. The first-order valence-electron chi connectivity index (χ1n) is 6.20. The van der Waals surface area contributed by atoms with E-state index in [9.17, 15) is 9.90 Å². The Balaban J connectivity index is 2.72. The number of carbonyl (C=O) groups excluding carboxylic acids is 1. The van der Waals surface area contributed by atoms with Crippen LogP contribution in [-0.4, -0.2) is 52.0 Å². The Bertz CT molecular complexity index is 429. The number of rotatable bonds is 7. The van der Waals surface area contributed by atoms with E-state index in [1.165, 1.54) is 11.8 Å². The molecule has 19 heavy (non-hydrogen) atoms. The third kappa shape index (κ3) is 4.29. The van der Waals surface area contributed by atoms with E-state index in [1.54, 1.807) is 13.8 Å². The van der Waals surface area contributed by atoms with Crippen LogP contribution in [0, 0.1) is 6.92 Å². The van der Waals surface area contributed by atoms with Gasteiger partial charge in [-0.15, -0.1) is 5.10 Å². The summed E-state index contributed by atoms with van der Waals surface area (Å²) in [6, 6.07) is 0. The molecule has 0 fully saturated rings. The zero-order chi connectivity index (χ0) is 14.5. The molecule has 1 rings (SSSR count). The maximum Gasteiger partial charge on any atom is 0.360 e. The van der Waals surface area contributed by atoms with Crippen LogP contribution in [0.1, 0.15) is 36.5 Å². The van der Waals surface area contributed by atoms with Crippen LogP contribution < -0.4 is 0 Å². The maximum atomic E-state index is 11.7. The molecular weight excluding hydrogens is 250 g/mol. The fourth-order valence-electron chi connectivity index (χ4n) is 1.42. The number of aromatic nitrogens is 3. The molecule has 0 saturated carbocycles. The van der Waals surface area contributed by atoms with Crippen molar-refractivity contribution in [3.8, 4) is 0 Å². The summed E-state index contributed by atoms with van der Waals surface area (Å²) in [5, 5.41) is 17.7. The van der Waals surface area contributed by atoms with Gasteiger partial charge in [0.05, 0.1) is 24.4 Å². The summed E-state index contributed by atoms with van der Waals surface area (Å²) >= 11 is 0. The number of ether oxygens (including phenoxy) is 2. The van der Waals surface area contributed by atoms with Gasteiger partial charge in [-0.1, -0.05) is 12.1 Å². The molecule has 108 valence electrons.